The molecule has 2 N–H and O–H groups in total. The molecule has 2 aromatic carbocycles. The molecule has 4 aromatic rings. The van der Waals surface area contributed by atoms with Gasteiger partial charge in [0.15, 0.2) is 11.6 Å². The van der Waals surface area contributed by atoms with Gasteiger partial charge in [0.05, 0.1) is 15.0 Å². The van der Waals surface area contributed by atoms with Crippen LogP contribution in [0.5, 0.6) is 11.8 Å². The normalized spacial score (nSPS) is 12.9. The summed E-state index contributed by atoms with van der Waals surface area (Å²) in [5.41, 5.74) is 0.880. The summed E-state index contributed by atoms with van der Waals surface area (Å²) in [7, 11) is -4.47. The highest BCUT2D eigenvalue weighted by Gasteiger charge is 2.30. The summed E-state index contributed by atoms with van der Waals surface area (Å²) in [6.07, 6.45) is 1.81. The van der Waals surface area contributed by atoms with E-state index in [1.54, 1.807) is 16.7 Å². The molecule has 0 aliphatic carbocycles. The lowest BCUT2D eigenvalue weighted by Gasteiger charge is -2.17. The zero-order chi connectivity index (χ0) is 23.9. The van der Waals surface area contributed by atoms with Crippen molar-refractivity contribution in [3.63, 3.8) is 0 Å². The van der Waals surface area contributed by atoms with E-state index < -0.39 is 37.1 Å². The van der Waals surface area contributed by atoms with Crippen LogP contribution in [-0.2, 0) is 16.6 Å². The fourth-order valence-corrected chi connectivity index (χ4v) is 6.15. The Labute approximate surface area is 204 Å². The lowest BCUT2D eigenvalue weighted by atomic mass is 10.2. The highest BCUT2D eigenvalue weighted by molar-refractivity contribution is 9.11. The number of fused-ring (bicyclic) bond motifs is 1. The molecule has 0 aliphatic heterocycles. The molecule has 0 fully saturated rings. The Morgan fingerprint density at radius 2 is 1.97 bits per heavy atom. The first-order chi connectivity index (χ1) is 15.6. The summed E-state index contributed by atoms with van der Waals surface area (Å²) in [6, 6.07) is 7.46. The van der Waals surface area contributed by atoms with Crippen LogP contribution in [0.4, 0.5) is 8.78 Å². The third-order valence-corrected chi connectivity index (χ3v) is 8.06. The fourth-order valence-electron chi connectivity index (χ4n) is 3.32. The summed E-state index contributed by atoms with van der Waals surface area (Å²) >= 11 is 5.65. The first-order valence-electron chi connectivity index (χ1n) is 9.65. The molecule has 33 heavy (non-hydrogen) atoms. The monoisotopic (exact) mass is 603 g/mol. The highest BCUT2D eigenvalue weighted by Crippen LogP contribution is 2.33. The van der Waals surface area contributed by atoms with E-state index in [0.717, 1.165) is 17.0 Å². The molecule has 0 aliphatic rings. The summed E-state index contributed by atoms with van der Waals surface area (Å²) in [6.45, 7) is 3.70. The molecule has 0 amide bonds. The molecule has 8 nitrogen and oxygen atoms in total. The van der Waals surface area contributed by atoms with Gasteiger partial charge in [-0.3, -0.25) is 4.57 Å². The van der Waals surface area contributed by atoms with Crippen LogP contribution in [0.3, 0.4) is 0 Å². The average Bonchev–Trinajstić information content (AvgIpc) is 3.38. The quantitative estimate of drug-likeness (QED) is 0.275. The van der Waals surface area contributed by atoms with Crippen LogP contribution in [0.25, 0.3) is 10.9 Å². The molecule has 1 atom stereocenters. The van der Waals surface area contributed by atoms with Gasteiger partial charge < -0.3 is 9.72 Å². The van der Waals surface area contributed by atoms with Crippen LogP contribution in [-0.4, -0.2) is 28.2 Å². The van der Waals surface area contributed by atoms with Gasteiger partial charge in [0.2, 0.25) is 10.0 Å². The van der Waals surface area contributed by atoms with E-state index in [-0.39, 0.29) is 16.3 Å². The van der Waals surface area contributed by atoms with Crippen molar-refractivity contribution >= 4 is 52.8 Å². The van der Waals surface area contributed by atoms with Gasteiger partial charge in [-0.1, -0.05) is 5.10 Å². The maximum absolute atomic E-state index is 14.6. The number of aromatic amines is 1. The second-order valence-electron chi connectivity index (χ2n) is 7.05. The van der Waals surface area contributed by atoms with Crippen molar-refractivity contribution in [2.24, 2.45) is 0 Å². The molecule has 4 rings (SSSR count). The first-order valence-corrected chi connectivity index (χ1v) is 12.7. The van der Waals surface area contributed by atoms with Gasteiger partial charge in [0.1, 0.15) is 16.5 Å². The summed E-state index contributed by atoms with van der Waals surface area (Å²) in [5.74, 6) is -1.29. The van der Waals surface area contributed by atoms with E-state index in [0.29, 0.717) is 12.3 Å². The predicted molar refractivity (Wildman–Crippen MR) is 125 cm³/mol. The van der Waals surface area contributed by atoms with Crippen LogP contribution < -0.4 is 9.46 Å². The first kappa shape index (κ1) is 23.8. The van der Waals surface area contributed by atoms with Gasteiger partial charge in [0.25, 0.3) is 0 Å². The van der Waals surface area contributed by atoms with E-state index in [4.69, 9.17) is 4.74 Å². The second kappa shape index (κ2) is 9.12. The average molecular weight is 605 g/mol. The zero-order valence-electron chi connectivity index (χ0n) is 17.2. The fraction of sp³-hybridized carbons (Fsp3) is 0.200. The standard InChI is InChI=1S/C20H17Br2F2N5O3S/c1-3-29-19(26-27-20(29)32-12-5-4-11-6-7-25-15(11)8-12)10(2)28-33(30,31)18-16(22)14(23)9-13(21)17(18)24/h4-10,25,28H,3H2,1-2H3/t10-/m1/s1. The Hall–Kier alpha value is -2.35. The van der Waals surface area contributed by atoms with Crippen LogP contribution >= 0.6 is 31.9 Å². The van der Waals surface area contributed by atoms with Crippen molar-refractivity contribution in [1.82, 2.24) is 24.5 Å². The molecule has 0 saturated carbocycles. The van der Waals surface area contributed by atoms with Gasteiger partial charge >= 0.3 is 6.01 Å². The minimum atomic E-state index is -4.47. The lowest BCUT2D eigenvalue weighted by Crippen LogP contribution is -2.30. The number of H-pyrrole nitrogens is 1. The topological polar surface area (TPSA) is 102 Å². The second-order valence-corrected chi connectivity index (χ2v) is 10.4. The van der Waals surface area contributed by atoms with Crippen molar-refractivity contribution in [2.45, 2.75) is 31.3 Å². The Morgan fingerprint density at radius 1 is 1.21 bits per heavy atom. The number of nitrogens with zero attached hydrogens (tertiary/aromatic N) is 3. The van der Waals surface area contributed by atoms with E-state index in [1.807, 2.05) is 25.3 Å². The van der Waals surface area contributed by atoms with Crippen molar-refractivity contribution in [2.75, 3.05) is 0 Å². The maximum Gasteiger partial charge on any atom is 0.322 e. The minimum absolute atomic E-state index is 0.158. The SMILES string of the molecule is CCn1c(Oc2ccc3cc[nH]c3c2)nnc1[C@@H](C)NS(=O)(=O)c1c(F)c(Br)cc(F)c1Br. The Kier molecular flexibility index (Phi) is 6.58. The smallest absolute Gasteiger partial charge is 0.322 e. The number of halogens is 4. The zero-order valence-corrected chi connectivity index (χ0v) is 21.2. The van der Waals surface area contributed by atoms with E-state index in [9.17, 15) is 17.2 Å². The minimum Gasteiger partial charge on any atom is -0.424 e. The van der Waals surface area contributed by atoms with Crippen molar-refractivity contribution in [3.05, 3.63) is 62.9 Å². The Bertz CT molecular complexity index is 1430. The number of rotatable bonds is 7. The van der Waals surface area contributed by atoms with Crippen molar-refractivity contribution in [3.8, 4) is 11.8 Å². The molecule has 2 heterocycles. The molecular formula is C20H17Br2F2N5O3S. The third-order valence-electron chi connectivity index (χ3n) is 4.86. The van der Waals surface area contributed by atoms with E-state index in [1.165, 1.54) is 6.92 Å². The number of benzene rings is 2. The summed E-state index contributed by atoms with van der Waals surface area (Å²) in [5, 5.41) is 9.11. The number of hydrogen-bond donors (Lipinski definition) is 2. The van der Waals surface area contributed by atoms with Gasteiger partial charge in [-0.05, 0) is 75.4 Å². The molecule has 13 heteroatoms. The molecular weight excluding hydrogens is 588 g/mol. The van der Waals surface area contributed by atoms with Crippen molar-refractivity contribution in [1.29, 1.82) is 0 Å². The molecule has 0 saturated heterocycles. The summed E-state index contributed by atoms with van der Waals surface area (Å²) < 4.78 is 63.3. The molecule has 0 spiro atoms. The predicted octanol–water partition coefficient (Wildman–Crippen LogP) is 5.41. The van der Waals surface area contributed by atoms with Crippen LogP contribution in [0, 0.1) is 11.6 Å². The van der Waals surface area contributed by atoms with E-state index in [2.05, 4.69) is 51.8 Å². The number of ether oxygens (including phenoxy) is 1. The Morgan fingerprint density at radius 3 is 2.70 bits per heavy atom. The van der Waals surface area contributed by atoms with Gasteiger partial charge in [-0.2, -0.15) is 0 Å². The molecule has 0 bridgehead atoms. The van der Waals surface area contributed by atoms with Gasteiger partial charge in [-0.15, -0.1) is 5.10 Å². The number of hydrogen-bond acceptors (Lipinski definition) is 5. The number of aromatic nitrogens is 4. The van der Waals surface area contributed by atoms with Gasteiger partial charge in [-0.25, -0.2) is 21.9 Å². The molecule has 0 unspecified atom stereocenters. The molecule has 174 valence electrons. The van der Waals surface area contributed by atoms with Crippen molar-refractivity contribution < 1.29 is 21.9 Å². The van der Waals surface area contributed by atoms with E-state index >= 15 is 0 Å². The van der Waals surface area contributed by atoms with Crippen LogP contribution in [0.2, 0.25) is 0 Å². The van der Waals surface area contributed by atoms with Crippen LogP contribution in [0.15, 0.2) is 50.4 Å². The number of sulfonamides is 1. The molecule has 0 radical (unpaired) electrons. The highest BCUT2D eigenvalue weighted by atomic mass is 79.9. The largest absolute Gasteiger partial charge is 0.424 e. The maximum atomic E-state index is 14.6. The lowest BCUT2D eigenvalue weighted by molar-refractivity contribution is 0.408. The van der Waals surface area contributed by atoms with Crippen LogP contribution in [0.1, 0.15) is 25.7 Å². The Balaban J connectivity index is 1.63. The third kappa shape index (κ3) is 4.54. The number of nitrogens with one attached hydrogen (secondary N) is 2. The van der Waals surface area contributed by atoms with Gasteiger partial charge in [0, 0.05) is 24.3 Å². The summed E-state index contributed by atoms with van der Waals surface area (Å²) in [4.78, 5) is 2.24. The molecule has 2 aromatic heterocycles.